The van der Waals surface area contributed by atoms with Gasteiger partial charge in [0.25, 0.3) is 0 Å². The minimum absolute atomic E-state index is 0.0406. The molecule has 5 aliphatic rings. The maximum atomic E-state index is 12.9. The molecule has 0 aromatic heterocycles. The molecule has 0 aromatic rings. The first kappa shape index (κ1) is 20.5. The number of ketones is 2. The molecule has 162 valence electrons. The quantitative estimate of drug-likeness (QED) is 0.578. The van der Waals surface area contributed by atoms with Crippen molar-refractivity contribution in [2.75, 3.05) is 0 Å². The molecule has 0 saturated heterocycles. The first-order chi connectivity index (χ1) is 14.1. The maximum Gasteiger partial charge on any atom is 0.303 e. The summed E-state index contributed by atoms with van der Waals surface area (Å²) in [5.74, 6) is 1.23. The van der Waals surface area contributed by atoms with Crippen LogP contribution in [-0.4, -0.2) is 23.1 Å². The molecule has 8 atom stereocenters. The average molecular weight is 431 g/mol. The molecular weight excluding hydrogens is 400 g/mol. The molecule has 4 nitrogen and oxygen atoms in total. The van der Waals surface area contributed by atoms with E-state index in [0.29, 0.717) is 18.3 Å². The molecule has 0 amide bonds. The molecule has 0 aromatic carbocycles. The van der Waals surface area contributed by atoms with E-state index in [4.69, 9.17) is 16.3 Å². The molecule has 5 rings (SSSR count). The van der Waals surface area contributed by atoms with Crippen molar-refractivity contribution in [3.63, 3.8) is 0 Å². The SMILES string of the molecule is CC(=O)O[C@]1(C(C)=O)CC[C@H]2[C@@H]3C=C(Cl)C4=CC(=O)[C@@H]5CC[C@@H]5[C@]4(C)[C@H]3CC[C@@]21C. The number of hydrogen-bond donors (Lipinski definition) is 0. The predicted molar refractivity (Wildman–Crippen MR) is 114 cm³/mol. The van der Waals surface area contributed by atoms with Crippen molar-refractivity contribution in [2.45, 2.75) is 71.8 Å². The summed E-state index contributed by atoms with van der Waals surface area (Å²) in [6.07, 6.45) is 9.32. The Morgan fingerprint density at radius 1 is 1.03 bits per heavy atom. The van der Waals surface area contributed by atoms with Gasteiger partial charge in [-0.15, -0.1) is 0 Å². The Morgan fingerprint density at radius 2 is 1.73 bits per heavy atom. The Morgan fingerprint density at radius 3 is 2.33 bits per heavy atom. The van der Waals surface area contributed by atoms with Gasteiger partial charge in [-0.2, -0.15) is 0 Å². The van der Waals surface area contributed by atoms with E-state index in [2.05, 4.69) is 19.9 Å². The van der Waals surface area contributed by atoms with Gasteiger partial charge in [0.05, 0.1) is 0 Å². The highest BCUT2D eigenvalue weighted by molar-refractivity contribution is 6.32. The van der Waals surface area contributed by atoms with Crippen LogP contribution >= 0.6 is 11.6 Å². The zero-order chi connectivity index (χ0) is 21.6. The fraction of sp³-hybridized carbons (Fsp3) is 0.720. The molecule has 0 radical (unpaired) electrons. The van der Waals surface area contributed by atoms with E-state index in [1.807, 2.05) is 6.08 Å². The third kappa shape index (κ3) is 2.27. The normalized spacial score (nSPS) is 48.8. The second-order valence-corrected chi connectivity index (χ2v) is 11.2. The number of halogens is 1. The highest BCUT2D eigenvalue weighted by Crippen LogP contribution is 2.71. The number of carbonyl (C=O) groups excluding carboxylic acids is 3. The van der Waals surface area contributed by atoms with E-state index >= 15 is 0 Å². The number of carbonyl (C=O) groups is 3. The third-order valence-electron chi connectivity index (χ3n) is 9.98. The molecular formula is C25H31ClO4. The van der Waals surface area contributed by atoms with Crippen molar-refractivity contribution < 1.29 is 19.1 Å². The van der Waals surface area contributed by atoms with Crippen molar-refractivity contribution in [3.8, 4) is 0 Å². The summed E-state index contributed by atoms with van der Waals surface area (Å²) in [5, 5.41) is 0.717. The minimum Gasteiger partial charge on any atom is -0.451 e. The molecule has 0 bridgehead atoms. The lowest BCUT2D eigenvalue weighted by Crippen LogP contribution is -2.60. The van der Waals surface area contributed by atoms with Crippen molar-refractivity contribution in [3.05, 3.63) is 22.8 Å². The largest absolute Gasteiger partial charge is 0.451 e. The number of allylic oxidation sites excluding steroid dienone is 4. The van der Waals surface area contributed by atoms with Gasteiger partial charge in [0, 0.05) is 28.7 Å². The summed E-state index contributed by atoms with van der Waals surface area (Å²) >= 11 is 6.84. The van der Waals surface area contributed by atoms with Crippen LogP contribution in [0.15, 0.2) is 22.8 Å². The van der Waals surface area contributed by atoms with Gasteiger partial charge in [-0.25, -0.2) is 0 Å². The zero-order valence-electron chi connectivity index (χ0n) is 18.3. The van der Waals surface area contributed by atoms with Crippen LogP contribution in [0.5, 0.6) is 0 Å². The summed E-state index contributed by atoms with van der Waals surface area (Å²) in [4.78, 5) is 37.4. The third-order valence-corrected chi connectivity index (χ3v) is 10.3. The smallest absolute Gasteiger partial charge is 0.303 e. The summed E-state index contributed by atoms with van der Waals surface area (Å²) in [7, 11) is 0. The number of hydrogen-bond acceptors (Lipinski definition) is 4. The molecule has 3 saturated carbocycles. The summed E-state index contributed by atoms with van der Waals surface area (Å²) in [6.45, 7) is 7.45. The standard InChI is InChI=1S/C25H31ClO4/c1-13(27)25(30-14(2)28)10-8-17-16-11-21(26)20-12-22(29)15-5-6-18(15)24(20,4)19(16)7-9-23(17,25)3/h11-12,15-19H,5-10H2,1-4H3/t15-,16+,17+,18+,19+,23+,24-,25+/m1/s1. The van der Waals surface area contributed by atoms with Crippen LogP contribution in [0.1, 0.15) is 66.2 Å². The van der Waals surface area contributed by atoms with Crippen LogP contribution in [0.2, 0.25) is 0 Å². The minimum atomic E-state index is -1.03. The molecule has 0 aliphatic heterocycles. The maximum absolute atomic E-state index is 12.9. The lowest BCUT2D eigenvalue weighted by atomic mass is 9.42. The van der Waals surface area contributed by atoms with E-state index < -0.39 is 5.60 Å². The fourth-order valence-electron chi connectivity index (χ4n) is 8.41. The zero-order valence-corrected chi connectivity index (χ0v) is 19.1. The predicted octanol–water partition coefficient (Wildman–Crippen LogP) is 5.00. The molecule has 30 heavy (non-hydrogen) atoms. The van der Waals surface area contributed by atoms with Crippen LogP contribution in [0.4, 0.5) is 0 Å². The van der Waals surface area contributed by atoms with E-state index in [-0.39, 0.29) is 46.1 Å². The van der Waals surface area contributed by atoms with E-state index in [1.54, 1.807) is 6.92 Å². The molecule has 0 unspecified atom stereocenters. The molecule has 5 aliphatic carbocycles. The topological polar surface area (TPSA) is 60.4 Å². The van der Waals surface area contributed by atoms with Gasteiger partial charge in [-0.05, 0) is 80.8 Å². The van der Waals surface area contributed by atoms with Gasteiger partial charge < -0.3 is 4.74 Å². The Balaban J connectivity index is 1.60. The van der Waals surface area contributed by atoms with E-state index in [1.165, 1.54) is 6.92 Å². The number of Topliss-reactive ketones (excluding diaryl/α,β-unsaturated/α-hetero) is 1. The molecule has 5 heteroatoms. The van der Waals surface area contributed by atoms with Gasteiger partial charge >= 0.3 is 5.97 Å². The second kappa shape index (κ2) is 6.31. The van der Waals surface area contributed by atoms with Gasteiger partial charge in [-0.1, -0.05) is 31.5 Å². The molecule has 0 N–H and O–H groups in total. The first-order valence-corrected chi connectivity index (χ1v) is 11.8. The van der Waals surface area contributed by atoms with E-state index in [9.17, 15) is 14.4 Å². The summed E-state index contributed by atoms with van der Waals surface area (Å²) in [6, 6.07) is 0. The van der Waals surface area contributed by atoms with Gasteiger partial charge in [0.2, 0.25) is 0 Å². The number of ether oxygens (including phenoxy) is 1. The van der Waals surface area contributed by atoms with Crippen molar-refractivity contribution in [2.24, 2.45) is 40.4 Å². The van der Waals surface area contributed by atoms with E-state index in [0.717, 1.165) is 42.7 Å². The van der Waals surface area contributed by atoms with Crippen LogP contribution < -0.4 is 0 Å². The van der Waals surface area contributed by atoms with Crippen molar-refractivity contribution >= 4 is 29.1 Å². The highest BCUT2D eigenvalue weighted by Gasteiger charge is 2.69. The van der Waals surface area contributed by atoms with Gasteiger partial charge in [0.1, 0.15) is 0 Å². The summed E-state index contributed by atoms with van der Waals surface area (Å²) in [5.41, 5.74) is -0.471. The van der Waals surface area contributed by atoms with Gasteiger partial charge in [-0.3, -0.25) is 14.4 Å². The van der Waals surface area contributed by atoms with Crippen LogP contribution in [0.3, 0.4) is 0 Å². The number of fused-ring (bicyclic) bond motifs is 7. The Kier molecular flexibility index (Phi) is 4.31. The Labute approximate surface area is 183 Å². The highest BCUT2D eigenvalue weighted by atomic mass is 35.5. The number of rotatable bonds is 2. The van der Waals surface area contributed by atoms with Crippen LogP contribution in [0, 0.1) is 40.4 Å². The van der Waals surface area contributed by atoms with Crippen molar-refractivity contribution in [1.82, 2.24) is 0 Å². The van der Waals surface area contributed by atoms with Crippen LogP contribution in [-0.2, 0) is 19.1 Å². The molecule has 0 spiro atoms. The molecule has 3 fully saturated rings. The Hall–Kier alpha value is -1.42. The van der Waals surface area contributed by atoms with Crippen molar-refractivity contribution in [1.29, 1.82) is 0 Å². The van der Waals surface area contributed by atoms with Gasteiger partial charge in [0.15, 0.2) is 17.2 Å². The Bertz CT molecular complexity index is 918. The lowest BCUT2D eigenvalue weighted by molar-refractivity contribution is -0.186. The average Bonchev–Trinajstić information content (AvgIpc) is 2.90. The van der Waals surface area contributed by atoms with Crippen LogP contribution in [0.25, 0.3) is 0 Å². The second-order valence-electron chi connectivity index (χ2n) is 10.8. The fourth-order valence-corrected chi connectivity index (χ4v) is 8.82. The first-order valence-electron chi connectivity index (χ1n) is 11.4. The number of esters is 1. The lowest BCUT2D eigenvalue weighted by Gasteiger charge is -2.62. The summed E-state index contributed by atoms with van der Waals surface area (Å²) < 4.78 is 5.84. The molecule has 0 heterocycles. The monoisotopic (exact) mass is 430 g/mol.